The molecule has 0 aromatic carbocycles. The second-order valence-electron chi connectivity index (χ2n) is 9.02. The van der Waals surface area contributed by atoms with Gasteiger partial charge in [0.1, 0.15) is 0 Å². The van der Waals surface area contributed by atoms with Crippen LogP contribution in [0.25, 0.3) is 0 Å². The van der Waals surface area contributed by atoms with Crippen LogP contribution in [0.5, 0.6) is 0 Å². The van der Waals surface area contributed by atoms with Crippen LogP contribution in [-0.2, 0) is 0 Å². The molecule has 2 aliphatic heterocycles. The summed E-state index contributed by atoms with van der Waals surface area (Å²) in [5.41, 5.74) is 2.86. The minimum absolute atomic E-state index is 0.110. The van der Waals surface area contributed by atoms with Crippen molar-refractivity contribution in [3.63, 3.8) is 0 Å². The van der Waals surface area contributed by atoms with Gasteiger partial charge in [-0.15, -0.1) is 0 Å². The van der Waals surface area contributed by atoms with Gasteiger partial charge in [-0.1, -0.05) is 39.3 Å². The molecule has 0 saturated carbocycles. The van der Waals surface area contributed by atoms with Gasteiger partial charge in [0.2, 0.25) is 0 Å². The molecule has 3 rings (SSSR count). The fourth-order valence-electron chi connectivity index (χ4n) is 4.69. The molecule has 2 nitrogen and oxygen atoms in total. The van der Waals surface area contributed by atoms with Crippen molar-refractivity contribution in [2.45, 2.75) is 59.8 Å². The quantitative estimate of drug-likeness (QED) is 0.662. The van der Waals surface area contributed by atoms with E-state index in [1.165, 1.54) is 63.0 Å². The summed E-state index contributed by atoms with van der Waals surface area (Å²) < 4.78 is 0. The highest BCUT2D eigenvalue weighted by atomic mass is 35.5. The van der Waals surface area contributed by atoms with E-state index < -0.39 is 0 Å². The molecular weight excluding hydrogens is 316 g/mol. The molecule has 3 heteroatoms. The van der Waals surface area contributed by atoms with Gasteiger partial charge in [0.25, 0.3) is 0 Å². The van der Waals surface area contributed by atoms with Gasteiger partial charge >= 0.3 is 0 Å². The summed E-state index contributed by atoms with van der Waals surface area (Å²) in [6.45, 7) is 14.1. The first kappa shape index (κ1) is 17.9. The Bertz CT molecular complexity index is 556. The molecular formula is C21H33ClN2. The van der Waals surface area contributed by atoms with Crippen molar-refractivity contribution in [1.29, 1.82) is 0 Å². The first-order chi connectivity index (χ1) is 11.3. The van der Waals surface area contributed by atoms with Crippen molar-refractivity contribution in [2.24, 2.45) is 10.8 Å². The number of nitrogens with zero attached hydrogens (tertiary/aromatic N) is 2. The number of hydrogen-bond acceptors (Lipinski definition) is 2. The molecule has 2 fully saturated rings. The number of rotatable bonds is 3. The normalized spacial score (nSPS) is 28.6. The Balaban J connectivity index is 1.95. The van der Waals surface area contributed by atoms with Gasteiger partial charge in [-0.25, -0.2) is 0 Å². The summed E-state index contributed by atoms with van der Waals surface area (Å²) in [5, 5.41) is 0.985. The Kier molecular flexibility index (Phi) is 5.06. The lowest BCUT2D eigenvalue weighted by Gasteiger charge is -2.44. The smallest absolute Gasteiger partial charge is 0.0495 e. The van der Waals surface area contributed by atoms with Crippen LogP contribution in [0.4, 0.5) is 0 Å². The lowest BCUT2D eigenvalue weighted by atomic mass is 9.63. The Morgan fingerprint density at radius 3 is 1.96 bits per heavy atom. The van der Waals surface area contributed by atoms with Crippen molar-refractivity contribution >= 4 is 11.6 Å². The lowest BCUT2D eigenvalue weighted by Crippen LogP contribution is -2.33. The van der Waals surface area contributed by atoms with Gasteiger partial charge in [-0.3, -0.25) is 0 Å². The van der Waals surface area contributed by atoms with Crippen molar-refractivity contribution in [1.82, 2.24) is 9.80 Å². The molecule has 0 N–H and O–H groups in total. The Labute approximate surface area is 153 Å². The second kappa shape index (κ2) is 6.78. The van der Waals surface area contributed by atoms with E-state index in [1.807, 2.05) is 0 Å². The highest BCUT2D eigenvalue weighted by molar-refractivity contribution is 6.32. The maximum absolute atomic E-state index is 7.00. The third-order valence-corrected chi connectivity index (χ3v) is 6.27. The van der Waals surface area contributed by atoms with E-state index in [4.69, 9.17) is 11.6 Å². The van der Waals surface area contributed by atoms with Gasteiger partial charge in [0.15, 0.2) is 0 Å². The minimum Gasteiger partial charge on any atom is -0.377 e. The third kappa shape index (κ3) is 3.69. The molecule has 0 radical (unpaired) electrons. The molecule has 3 aliphatic rings. The highest BCUT2D eigenvalue weighted by Crippen LogP contribution is 2.53. The van der Waals surface area contributed by atoms with Crippen LogP contribution < -0.4 is 0 Å². The van der Waals surface area contributed by atoms with Crippen molar-refractivity contribution in [2.75, 3.05) is 26.2 Å². The van der Waals surface area contributed by atoms with E-state index in [1.54, 1.807) is 0 Å². The van der Waals surface area contributed by atoms with E-state index in [-0.39, 0.29) is 10.8 Å². The van der Waals surface area contributed by atoms with Gasteiger partial charge in [0.05, 0.1) is 0 Å². The Morgan fingerprint density at radius 2 is 1.38 bits per heavy atom. The largest absolute Gasteiger partial charge is 0.377 e. The van der Waals surface area contributed by atoms with Gasteiger partial charge < -0.3 is 9.80 Å². The van der Waals surface area contributed by atoms with Crippen LogP contribution in [0.3, 0.4) is 0 Å². The molecule has 2 saturated heterocycles. The fourth-order valence-corrected chi connectivity index (χ4v) is 5.31. The average molecular weight is 349 g/mol. The number of likely N-dealkylation sites (tertiary alicyclic amines) is 2. The average Bonchev–Trinajstić information content (AvgIpc) is 3.15. The third-order valence-electron chi connectivity index (χ3n) is 5.86. The maximum Gasteiger partial charge on any atom is 0.0495 e. The predicted octanol–water partition coefficient (Wildman–Crippen LogP) is 5.52. The van der Waals surface area contributed by atoms with E-state index in [0.717, 1.165) is 11.5 Å². The first-order valence-electron chi connectivity index (χ1n) is 9.59. The van der Waals surface area contributed by atoms with E-state index in [9.17, 15) is 0 Å². The highest BCUT2D eigenvalue weighted by Gasteiger charge is 2.41. The van der Waals surface area contributed by atoms with Crippen LogP contribution in [0.1, 0.15) is 59.8 Å². The zero-order chi connectivity index (χ0) is 17.4. The zero-order valence-corrected chi connectivity index (χ0v) is 16.6. The predicted molar refractivity (Wildman–Crippen MR) is 104 cm³/mol. The van der Waals surface area contributed by atoms with Crippen molar-refractivity contribution in [3.8, 4) is 0 Å². The summed E-state index contributed by atoms with van der Waals surface area (Å²) >= 11 is 7.00. The summed E-state index contributed by atoms with van der Waals surface area (Å²) in [7, 11) is 0. The summed E-state index contributed by atoms with van der Waals surface area (Å²) in [6.07, 6.45) is 13.3. The Hall–Kier alpha value is -0.890. The molecule has 2 heterocycles. The molecule has 1 aliphatic carbocycles. The van der Waals surface area contributed by atoms with Crippen LogP contribution in [0.15, 0.2) is 34.7 Å². The second-order valence-corrected chi connectivity index (χ2v) is 9.39. The lowest BCUT2D eigenvalue weighted by molar-refractivity contribution is 0.254. The van der Waals surface area contributed by atoms with Gasteiger partial charge in [-0.2, -0.15) is 0 Å². The molecule has 0 aromatic heterocycles. The summed E-state index contributed by atoms with van der Waals surface area (Å²) in [5.74, 6) is 0. The molecule has 134 valence electrons. The molecule has 0 unspecified atom stereocenters. The van der Waals surface area contributed by atoms with Gasteiger partial charge in [0, 0.05) is 37.4 Å². The van der Waals surface area contributed by atoms with E-state index >= 15 is 0 Å². The van der Waals surface area contributed by atoms with Crippen LogP contribution in [-0.4, -0.2) is 36.0 Å². The maximum atomic E-state index is 7.00. The van der Waals surface area contributed by atoms with Gasteiger partial charge in [-0.05, 0) is 66.4 Å². The van der Waals surface area contributed by atoms with E-state index in [0.29, 0.717) is 0 Å². The topological polar surface area (TPSA) is 6.48 Å². The van der Waals surface area contributed by atoms with Crippen LogP contribution in [0.2, 0.25) is 0 Å². The SMILES string of the molecule is CC1(C)CC(C)(C)/C(=C\N2CCCC2)C(Cl)=C1C=CN1CCCC1. The summed E-state index contributed by atoms with van der Waals surface area (Å²) in [4.78, 5) is 4.89. The van der Waals surface area contributed by atoms with Crippen LogP contribution >= 0.6 is 11.6 Å². The number of hydrogen-bond donors (Lipinski definition) is 0. The Morgan fingerprint density at radius 1 is 0.833 bits per heavy atom. The molecule has 0 atom stereocenters. The first-order valence-corrected chi connectivity index (χ1v) is 9.97. The molecule has 0 spiro atoms. The van der Waals surface area contributed by atoms with E-state index in [2.05, 4.69) is 56.0 Å². The minimum atomic E-state index is 0.110. The fraction of sp³-hybridized carbons (Fsp3) is 0.714. The standard InChI is InChI=1S/C21H33ClN2/c1-20(2)16-21(3,4)18(15-24-12-7-8-13-24)19(22)17(20)9-14-23-10-5-6-11-23/h9,14-15H,5-8,10-13,16H2,1-4H3/b14-9?,18-15-. The van der Waals surface area contributed by atoms with Crippen molar-refractivity contribution < 1.29 is 0 Å². The molecule has 0 aromatic rings. The monoisotopic (exact) mass is 348 g/mol. The van der Waals surface area contributed by atoms with Crippen LogP contribution in [0, 0.1) is 10.8 Å². The number of halogens is 1. The summed E-state index contributed by atoms with van der Waals surface area (Å²) in [6, 6.07) is 0. The molecule has 0 amide bonds. The van der Waals surface area contributed by atoms with Crippen molar-refractivity contribution in [3.05, 3.63) is 34.7 Å². The number of allylic oxidation sites excluding steroid dienone is 4. The zero-order valence-electron chi connectivity index (χ0n) is 15.9. The molecule has 0 bridgehead atoms. The molecule has 24 heavy (non-hydrogen) atoms.